The third kappa shape index (κ3) is 6.86. The summed E-state index contributed by atoms with van der Waals surface area (Å²) in [6.07, 6.45) is 2.13. The van der Waals surface area contributed by atoms with E-state index in [1.807, 2.05) is 52.0 Å². The van der Waals surface area contributed by atoms with Gasteiger partial charge in [0.15, 0.2) is 0 Å². The minimum absolute atomic E-state index is 0.202. The topological polar surface area (TPSA) is 67.4 Å². The number of hydrogen-bond acceptors (Lipinski definition) is 3. The lowest BCUT2D eigenvalue weighted by atomic mass is 10.0. The first kappa shape index (κ1) is 19.7. The van der Waals surface area contributed by atoms with Crippen molar-refractivity contribution in [3.8, 4) is 5.75 Å². The van der Waals surface area contributed by atoms with Crippen LogP contribution in [0.3, 0.4) is 0 Å². The molecule has 132 valence electrons. The molecule has 0 saturated carbocycles. The van der Waals surface area contributed by atoms with Crippen LogP contribution in [0.5, 0.6) is 5.75 Å². The largest absolute Gasteiger partial charge is 0.496 e. The fourth-order valence-corrected chi connectivity index (χ4v) is 2.22. The van der Waals surface area contributed by atoms with Crippen LogP contribution in [-0.2, 0) is 16.0 Å². The zero-order chi connectivity index (χ0) is 18.3. The third-order valence-corrected chi connectivity index (χ3v) is 3.29. The SMILES string of the molecule is COc1ccccc1C/C(C)=C/C(=O)NC(C)C(=O)NC(C)(C)C. The van der Waals surface area contributed by atoms with Crippen molar-refractivity contribution in [2.45, 2.75) is 52.6 Å². The third-order valence-electron chi connectivity index (χ3n) is 3.29. The first-order valence-electron chi connectivity index (χ1n) is 8.04. The Hall–Kier alpha value is -2.30. The molecule has 5 nitrogen and oxygen atoms in total. The number of carbonyl (C=O) groups excluding carboxylic acids is 2. The zero-order valence-electron chi connectivity index (χ0n) is 15.4. The van der Waals surface area contributed by atoms with Gasteiger partial charge in [-0.1, -0.05) is 23.8 Å². The van der Waals surface area contributed by atoms with Crippen LogP contribution >= 0.6 is 0 Å². The summed E-state index contributed by atoms with van der Waals surface area (Å²) in [5.41, 5.74) is 1.58. The maximum atomic E-state index is 12.1. The average molecular weight is 332 g/mol. The van der Waals surface area contributed by atoms with Gasteiger partial charge in [-0.05, 0) is 52.7 Å². The average Bonchev–Trinajstić information content (AvgIpc) is 2.45. The lowest BCUT2D eigenvalue weighted by Gasteiger charge is -2.23. The molecule has 24 heavy (non-hydrogen) atoms. The van der Waals surface area contributed by atoms with Crippen molar-refractivity contribution < 1.29 is 14.3 Å². The molecule has 1 rings (SSSR count). The van der Waals surface area contributed by atoms with E-state index in [0.29, 0.717) is 6.42 Å². The van der Waals surface area contributed by atoms with Gasteiger partial charge in [-0.25, -0.2) is 0 Å². The summed E-state index contributed by atoms with van der Waals surface area (Å²) in [6, 6.07) is 7.11. The standard InChI is InChI=1S/C19H28N2O3/c1-13(11-15-9-7-8-10-16(15)24-6)12-17(22)20-14(2)18(23)21-19(3,4)5/h7-10,12,14H,11H2,1-6H3,(H,20,22)(H,21,23)/b13-12+. The zero-order valence-corrected chi connectivity index (χ0v) is 15.4. The van der Waals surface area contributed by atoms with E-state index in [4.69, 9.17) is 4.74 Å². The predicted molar refractivity (Wildman–Crippen MR) is 96.0 cm³/mol. The van der Waals surface area contributed by atoms with Crippen molar-refractivity contribution in [1.29, 1.82) is 0 Å². The maximum Gasteiger partial charge on any atom is 0.244 e. The second-order valence-electron chi connectivity index (χ2n) is 6.95. The second-order valence-corrected chi connectivity index (χ2v) is 6.95. The molecule has 0 aliphatic rings. The van der Waals surface area contributed by atoms with Crippen LogP contribution in [0.4, 0.5) is 0 Å². The first-order chi connectivity index (χ1) is 11.1. The number of hydrogen-bond donors (Lipinski definition) is 2. The van der Waals surface area contributed by atoms with E-state index < -0.39 is 6.04 Å². The van der Waals surface area contributed by atoms with Crippen molar-refractivity contribution in [1.82, 2.24) is 10.6 Å². The van der Waals surface area contributed by atoms with Crippen LogP contribution in [0.15, 0.2) is 35.9 Å². The van der Waals surface area contributed by atoms with Crippen LogP contribution < -0.4 is 15.4 Å². The molecule has 1 aromatic carbocycles. The quantitative estimate of drug-likeness (QED) is 0.787. The first-order valence-corrected chi connectivity index (χ1v) is 8.04. The number of ether oxygens (including phenoxy) is 1. The Bertz CT molecular complexity index is 615. The van der Waals surface area contributed by atoms with E-state index in [1.165, 1.54) is 6.08 Å². The van der Waals surface area contributed by atoms with E-state index in [0.717, 1.165) is 16.9 Å². The summed E-state index contributed by atoms with van der Waals surface area (Å²) in [5, 5.41) is 5.53. The molecule has 1 aromatic rings. The summed E-state index contributed by atoms with van der Waals surface area (Å²) >= 11 is 0. The van der Waals surface area contributed by atoms with Gasteiger partial charge in [0.05, 0.1) is 7.11 Å². The predicted octanol–water partition coefficient (Wildman–Crippen LogP) is 2.60. The van der Waals surface area contributed by atoms with Gasteiger partial charge in [-0.15, -0.1) is 0 Å². The number of rotatable bonds is 6. The van der Waals surface area contributed by atoms with Gasteiger partial charge in [0.1, 0.15) is 11.8 Å². The Morgan fingerprint density at radius 2 is 1.88 bits per heavy atom. The maximum absolute atomic E-state index is 12.1. The highest BCUT2D eigenvalue weighted by atomic mass is 16.5. The summed E-state index contributed by atoms with van der Waals surface area (Å²) in [5.74, 6) is 0.314. The molecule has 0 saturated heterocycles. The Kier molecular flexibility index (Phi) is 7.01. The monoisotopic (exact) mass is 332 g/mol. The number of carbonyl (C=O) groups is 2. The van der Waals surface area contributed by atoms with Crippen LogP contribution in [0.2, 0.25) is 0 Å². The lowest BCUT2D eigenvalue weighted by molar-refractivity contribution is -0.127. The number of para-hydroxylation sites is 1. The summed E-state index contributed by atoms with van der Waals surface area (Å²) < 4.78 is 5.31. The van der Waals surface area contributed by atoms with Gasteiger partial charge in [0, 0.05) is 11.6 Å². The fraction of sp³-hybridized carbons (Fsp3) is 0.474. The van der Waals surface area contributed by atoms with Crippen LogP contribution in [0.1, 0.15) is 40.2 Å². The second kappa shape index (κ2) is 8.52. The molecule has 1 atom stereocenters. The van der Waals surface area contributed by atoms with Gasteiger partial charge in [0.2, 0.25) is 11.8 Å². The summed E-state index contributed by atoms with van der Waals surface area (Å²) in [4.78, 5) is 24.1. The highest BCUT2D eigenvalue weighted by Crippen LogP contribution is 2.20. The molecule has 0 aromatic heterocycles. The van der Waals surface area contributed by atoms with Gasteiger partial charge in [-0.2, -0.15) is 0 Å². The van der Waals surface area contributed by atoms with Crippen LogP contribution in [-0.4, -0.2) is 30.5 Å². The van der Waals surface area contributed by atoms with E-state index >= 15 is 0 Å². The molecule has 0 heterocycles. The number of amides is 2. The molecule has 2 N–H and O–H groups in total. The van der Waals surface area contributed by atoms with Gasteiger partial charge >= 0.3 is 0 Å². The molecule has 0 spiro atoms. The van der Waals surface area contributed by atoms with Crippen molar-refractivity contribution >= 4 is 11.8 Å². The van der Waals surface area contributed by atoms with Crippen molar-refractivity contribution in [3.05, 3.63) is 41.5 Å². The highest BCUT2D eigenvalue weighted by molar-refractivity contribution is 5.93. The Morgan fingerprint density at radius 3 is 2.46 bits per heavy atom. The van der Waals surface area contributed by atoms with Gasteiger partial charge in [0.25, 0.3) is 0 Å². The molecule has 0 fully saturated rings. The van der Waals surface area contributed by atoms with Crippen molar-refractivity contribution in [3.63, 3.8) is 0 Å². The van der Waals surface area contributed by atoms with Crippen LogP contribution in [0, 0.1) is 0 Å². The summed E-state index contributed by atoms with van der Waals surface area (Å²) in [6.45, 7) is 9.25. The molecular weight excluding hydrogens is 304 g/mol. The summed E-state index contributed by atoms with van der Waals surface area (Å²) in [7, 11) is 1.63. The number of nitrogens with one attached hydrogen (secondary N) is 2. The normalized spacial score (nSPS) is 13.2. The minimum atomic E-state index is -0.591. The van der Waals surface area contributed by atoms with E-state index in [2.05, 4.69) is 10.6 Å². The molecule has 5 heteroatoms. The number of benzene rings is 1. The molecule has 0 aliphatic heterocycles. The van der Waals surface area contributed by atoms with Crippen LogP contribution in [0.25, 0.3) is 0 Å². The molecule has 1 unspecified atom stereocenters. The minimum Gasteiger partial charge on any atom is -0.496 e. The van der Waals surface area contributed by atoms with Crippen molar-refractivity contribution in [2.75, 3.05) is 7.11 Å². The molecule has 0 bridgehead atoms. The number of methoxy groups -OCH3 is 1. The van der Waals surface area contributed by atoms with Gasteiger partial charge in [-0.3, -0.25) is 9.59 Å². The fourth-order valence-electron chi connectivity index (χ4n) is 2.22. The van der Waals surface area contributed by atoms with E-state index in [9.17, 15) is 9.59 Å². The highest BCUT2D eigenvalue weighted by Gasteiger charge is 2.20. The number of allylic oxidation sites excluding steroid dienone is 1. The molecule has 2 amide bonds. The van der Waals surface area contributed by atoms with Crippen molar-refractivity contribution in [2.24, 2.45) is 0 Å². The molecule has 0 aliphatic carbocycles. The Morgan fingerprint density at radius 1 is 1.25 bits per heavy atom. The van der Waals surface area contributed by atoms with E-state index in [1.54, 1.807) is 14.0 Å². The van der Waals surface area contributed by atoms with E-state index in [-0.39, 0.29) is 17.4 Å². The lowest BCUT2D eigenvalue weighted by Crippen LogP contribution is -2.50. The Balaban J connectivity index is 2.65. The molecule has 0 radical (unpaired) electrons. The van der Waals surface area contributed by atoms with Gasteiger partial charge < -0.3 is 15.4 Å². The molecular formula is C19H28N2O3. The smallest absolute Gasteiger partial charge is 0.244 e. The Labute approximate surface area is 144 Å².